The maximum atomic E-state index is 10.8. The molecule has 0 atom stereocenters. The molecule has 1 aromatic heterocycles. The van der Waals surface area contributed by atoms with Crippen LogP contribution in [0.4, 0.5) is 17.2 Å². The fourth-order valence-corrected chi connectivity index (χ4v) is 1.97. The first kappa shape index (κ1) is 13.9. The molecular weight excluding hydrogens is 330 g/mol. The Bertz CT molecular complexity index is 690. The van der Waals surface area contributed by atoms with Crippen LogP contribution in [0.3, 0.4) is 0 Å². The predicted molar refractivity (Wildman–Crippen MR) is 75.3 cm³/mol. The Hall–Kier alpha value is -2.48. The number of aromatic nitrogens is 1. The van der Waals surface area contributed by atoms with Gasteiger partial charge in [-0.15, -0.1) is 0 Å². The third-order valence-electron chi connectivity index (χ3n) is 2.43. The van der Waals surface area contributed by atoms with Crippen LogP contribution in [-0.4, -0.2) is 21.0 Å². The molecule has 7 nitrogen and oxygen atoms in total. The van der Waals surface area contributed by atoms with Gasteiger partial charge in [-0.2, -0.15) is 0 Å². The van der Waals surface area contributed by atoms with Gasteiger partial charge in [0.25, 0.3) is 5.69 Å². The van der Waals surface area contributed by atoms with Gasteiger partial charge in [0, 0.05) is 16.7 Å². The summed E-state index contributed by atoms with van der Waals surface area (Å²) < 4.78 is 0.519. The van der Waals surface area contributed by atoms with E-state index in [1.807, 2.05) is 0 Å². The maximum absolute atomic E-state index is 10.8. The highest BCUT2D eigenvalue weighted by molar-refractivity contribution is 9.10. The number of nitrogens with one attached hydrogen (secondary N) is 1. The lowest BCUT2D eigenvalue weighted by molar-refractivity contribution is -0.384. The standard InChI is InChI=1S/C12H8BrN3O4/c13-9-5-7(12(17)18)1-2-10(9)15-11-6-8(16(19)20)3-4-14-11/h1-6H,(H,14,15)(H,17,18). The lowest BCUT2D eigenvalue weighted by Gasteiger charge is -2.08. The van der Waals surface area contributed by atoms with E-state index < -0.39 is 10.9 Å². The maximum Gasteiger partial charge on any atom is 0.335 e. The van der Waals surface area contributed by atoms with Crippen molar-refractivity contribution < 1.29 is 14.8 Å². The molecule has 8 heteroatoms. The zero-order chi connectivity index (χ0) is 14.7. The molecule has 20 heavy (non-hydrogen) atoms. The van der Waals surface area contributed by atoms with E-state index in [2.05, 4.69) is 26.2 Å². The molecule has 0 aliphatic carbocycles. The quantitative estimate of drug-likeness (QED) is 0.655. The van der Waals surface area contributed by atoms with Crippen molar-refractivity contribution in [2.75, 3.05) is 5.32 Å². The number of carboxylic acid groups (broad SMARTS) is 1. The van der Waals surface area contributed by atoms with Crippen molar-refractivity contribution in [3.63, 3.8) is 0 Å². The van der Waals surface area contributed by atoms with Crippen molar-refractivity contribution in [2.24, 2.45) is 0 Å². The number of halogens is 1. The van der Waals surface area contributed by atoms with Crippen molar-refractivity contribution in [2.45, 2.75) is 0 Å². The summed E-state index contributed by atoms with van der Waals surface area (Å²) in [5, 5.41) is 22.4. The minimum Gasteiger partial charge on any atom is -0.478 e. The fourth-order valence-electron chi connectivity index (χ4n) is 1.49. The smallest absolute Gasteiger partial charge is 0.335 e. The van der Waals surface area contributed by atoms with Crippen molar-refractivity contribution in [3.05, 3.63) is 56.7 Å². The van der Waals surface area contributed by atoms with Crippen molar-refractivity contribution in [3.8, 4) is 0 Å². The molecule has 1 heterocycles. The lowest BCUT2D eigenvalue weighted by Crippen LogP contribution is -1.99. The van der Waals surface area contributed by atoms with E-state index in [1.54, 1.807) is 6.07 Å². The van der Waals surface area contributed by atoms with Gasteiger partial charge in [0.15, 0.2) is 0 Å². The highest BCUT2D eigenvalue weighted by Gasteiger charge is 2.10. The number of carboxylic acids is 1. The van der Waals surface area contributed by atoms with E-state index in [9.17, 15) is 14.9 Å². The summed E-state index contributed by atoms with van der Waals surface area (Å²) in [5.74, 6) is -0.742. The summed E-state index contributed by atoms with van der Waals surface area (Å²) in [6.07, 6.45) is 1.32. The molecule has 102 valence electrons. The summed E-state index contributed by atoms with van der Waals surface area (Å²) in [4.78, 5) is 24.9. The Morgan fingerprint density at radius 1 is 1.35 bits per heavy atom. The summed E-state index contributed by atoms with van der Waals surface area (Å²) in [5.41, 5.74) is 0.609. The highest BCUT2D eigenvalue weighted by atomic mass is 79.9. The molecule has 0 amide bonds. The van der Waals surface area contributed by atoms with Crippen LogP contribution in [0.15, 0.2) is 41.0 Å². The van der Waals surface area contributed by atoms with Gasteiger partial charge in [-0.1, -0.05) is 0 Å². The number of hydrogen-bond acceptors (Lipinski definition) is 5. The van der Waals surface area contributed by atoms with Gasteiger partial charge in [0.2, 0.25) is 0 Å². The number of rotatable bonds is 4. The molecule has 0 spiro atoms. The number of pyridine rings is 1. The zero-order valence-corrected chi connectivity index (χ0v) is 11.5. The van der Waals surface area contributed by atoms with Crippen molar-refractivity contribution >= 4 is 39.1 Å². The van der Waals surface area contributed by atoms with Crippen LogP contribution in [0, 0.1) is 10.1 Å². The number of carbonyl (C=O) groups is 1. The van der Waals surface area contributed by atoms with Crippen LogP contribution >= 0.6 is 15.9 Å². The monoisotopic (exact) mass is 337 g/mol. The van der Waals surface area contributed by atoms with E-state index in [0.717, 1.165) is 0 Å². The average molecular weight is 338 g/mol. The van der Waals surface area contributed by atoms with Crippen LogP contribution in [0.1, 0.15) is 10.4 Å². The van der Waals surface area contributed by atoms with Crippen molar-refractivity contribution in [1.82, 2.24) is 4.98 Å². The lowest BCUT2D eigenvalue weighted by atomic mass is 10.2. The van der Waals surface area contributed by atoms with Gasteiger partial charge in [0.1, 0.15) is 5.82 Å². The topological polar surface area (TPSA) is 105 Å². The van der Waals surface area contributed by atoms with Crippen LogP contribution in [0.5, 0.6) is 0 Å². The van der Waals surface area contributed by atoms with E-state index in [0.29, 0.717) is 16.0 Å². The average Bonchev–Trinajstić information content (AvgIpc) is 2.41. The SMILES string of the molecule is O=C(O)c1ccc(Nc2cc([N+](=O)[O-])ccn2)c(Br)c1. The van der Waals surface area contributed by atoms with Crippen LogP contribution in [0.2, 0.25) is 0 Å². The molecule has 0 unspecified atom stereocenters. The summed E-state index contributed by atoms with van der Waals surface area (Å²) in [6, 6.07) is 6.98. The summed E-state index contributed by atoms with van der Waals surface area (Å²) in [7, 11) is 0. The Kier molecular flexibility index (Phi) is 3.94. The van der Waals surface area contributed by atoms with Crippen LogP contribution < -0.4 is 5.32 Å². The number of benzene rings is 1. The molecule has 0 bridgehead atoms. The summed E-state index contributed by atoms with van der Waals surface area (Å²) >= 11 is 3.23. The van der Waals surface area contributed by atoms with E-state index in [1.165, 1.54) is 30.5 Å². The third-order valence-corrected chi connectivity index (χ3v) is 3.09. The summed E-state index contributed by atoms with van der Waals surface area (Å²) in [6.45, 7) is 0. The molecule has 0 fully saturated rings. The molecular formula is C12H8BrN3O4. The second-order valence-electron chi connectivity index (χ2n) is 3.78. The number of hydrogen-bond donors (Lipinski definition) is 2. The molecule has 1 aromatic carbocycles. The number of nitro groups is 1. The van der Waals surface area contributed by atoms with Crippen molar-refractivity contribution in [1.29, 1.82) is 0 Å². The van der Waals surface area contributed by atoms with Gasteiger partial charge < -0.3 is 10.4 Å². The molecule has 0 aliphatic rings. The molecule has 0 radical (unpaired) electrons. The van der Waals surface area contributed by atoms with Crippen LogP contribution in [-0.2, 0) is 0 Å². The van der Waals surface area contributed by atoms with E-state index in [-0.39, 0.29) is 11.3 Å². The minimum atomic E-state index is -1.04. The molecule has 2 aromatic rings. The Balaban J connectivity index is 2.28. The third kappa shape index (κ3) is 3.09. The molecule has 0 saturated carbocycles. The van der Waals surface area contributed by atoms with Gasteiger partial charge in [-0.05, 0) is 34.1 Å². The fraction of sp³-hybridized carbons (Fsp3) is 0. The Morgan fingerprint density at radius 3 is 2.70 bits per heavy atom. The van der Waals surface area contributed by atoms with E-state index >= 15 is 0 Å². The molecule has 2 rings (SSSR count). The second kappa shape index (κ2) is 5.66. The van der Waals surface area contributed by atoms with Gasteiger partial charge >= 0.3 is 5.97 Å². The van der Waals surface area contributed by atoms with Gasteiger partial charge in [-0.25, -0.2) is 9.78 Å². The second-order valence-corrected chi connectivity index (χ2v) is 4.64. The number of nitrogens with zero attached hydrogens (tertiary/aromatic N) is 2. The molecule has 2 N–H and O–H groups in total. The number of aromatic carboxylic acids is 1. The van der Waals surface area contributed by atoms with Gasteiger partial charge in [0.05, 0.1) is 22.2 Å². The van der Waals surface area contributed by atoms with E-state index in [4.69, 9.17) is 5.11 Å². The molecule has 0 aliphatic heterocycles. The Morgan fingerprint density at radius 2 is 2.10 bits per heavy atom. The molecule has 0 saturated heterocycles. The normalized spacial score (nSPS) is 10.1. The number of anilines is 2. The van der Waals surface area contributed by atoms with Crippen LogP contribution in [0.25, 0.3) is 0 Å². The Labute approximate surface area is 121 Å². The predicted octanol–water partition coefficient (Wildman–Crippen LogP) is 3.19. The largest absolute Gasteiger partial charge is 0.478 e. The first-order valence-corrected chi connectivity index (χ1v) is 6.17. The zero-order valence-electron chi connectivity index (χ0n) is 9.91. The minimum absolute atomic E-state index is 0.0826. The van der Waals surface area contributed by atoms with Gasteiger partial charge in [-0.3, -0.25) is 10.1 Å². The highest BCUT2D eigenvalue weighted by Crippen LogP contribution is 2.27. The first-order valence-electron chi connectivity index (χ1n) is 5.37. The first-order chi connectivity index (χ1) is 9.47.